The monoisotopic (exact) mass is 260 g/mol. The molecule has 0 aromatic carbocycles. The van der Waals surface area contributed by atoms with E-state index in [9.17, 15) is 18.0 Å². The van der Waals surface area contributed by atoms with Crippen molar-refractivity contribution in [3.63, 3.8) is 0 Å². The summed E-state index contributed by atoms with van der Waals surface area (Å²) in [5.74, 6) is -2.85. The number of imidazole rings is 1. The summed E-state index contributed by atoms with van der Waals surface area (Å²) in [5.41, 5.74) is 0. The molecule has 1 fully saturated rings. The van der Waals surface area contributed by atoms with Crippen molar-refractivity contribution in [2.24, 2.45) is 18.9 Å². The van der Waals surface area contributed by atoms with Crippen LogP contribution < -0.4 is 0 Å². The Bertz CT molecular complexity index is 439. The van der Waals surface area contributed by atoms with Crippen LogP contribution in [0.15, 0.2) is 12.4 Å². The second-order valence-electron chi connectivity index (χ2n) is 4.77. The Morgan fingerprint density at radius 1 is 1.39 bits per heavy atom. The number of aromatic nitrogens is 2. The molecule has 2 atom stereocenters. The lowest BCUT2D eigenvalue weighted by Crippen LogP contribution is -2.38. The first kappa shape index (κ1) is 13.1. The Balaban J connectivity index is 2.25. The molecular formula is C12H15F3N2O. The quantitative estimate of drug-likeness (QED) is 0.766. The number of aryl methyl sites for hydroxylation is 1. The fourth-order valence-corrected chi connectivity index (χ4v) is 2.61. The lowest BCUT2D eigenvalue weighted by atomic mass is 9.76. The van der Waals surface area contributed by atoms with Crippen molar-refractivity contribution < 1.29 is 18.0 Å². The minimum atomic E-state index is -4.30. The second-order valence-corrected chi connectivity index (χ2v) is 4.77. The molecule has 1 aromatic heterocycles. The van der Waals surface area contributed by atoms with Gasteiger partial charge in [-0.15, -0.1) is 0 Å². The molecule has 1 aliphatic rings. The molecule has 6 heteroatoms. The van der Waals surface area contributed by atoms with Crippen molar-refractivity contribution in [3.8, 4) is 0 Å². The van der Waals surface area contributed by atoms with Gasteiger partial charge in [0.05, 0.1) is 5.92 Å². The van der Waals surface area contributed by atoms with Gasteiger partial charge in [0.15, 0.2) is 5.82 Å². The van der Waals surface area contributed by atoms with Crippen LogP contribution in [-0.2, 0) is 7.05 Å². The molecule has 0 bridgehead atoms. The number of hydrogen-bond acceptors (Lipinski definition) is 2. The maximum absolute atomic E-state index is 12.9. The van der Waals surface area contributed by atoms with Crippen LogP contribution in [-0.4, -0.2) is 21.5 Å². The predicted molar refractivity (Wildman–Crippen MR) is 59.0 cm³/mol. The van der Waals surface area contributed by atoms with Crippen molar-refractivity contribution in [1.82, 2.24) is 9.55 Å². The molecule has 0 N–H and O–H groups in total. The summed E-state index contributed by atoms with van der Waals surface area (Å²) in [7, 11) is 1.62. The normalized spacial score (nSPS) is 25.1. The van der Waals surface area contributed by atoms with Gasteiger partial charge in [0.1, 0.15) is 0 Å². The summed E-state index contributed by atoms with van der Waals surface area (Å²) in [5, 5.41) is 0. The van der Waals surface area contributed by atoms with Crippen LogP contribution in [0.5, 0.6) is 0 Å². The first-order valence-corrected chi connectivity index (χ1v) is 5.99. The van der Waals surface area contributed by atoms with Crippen LogP contribution in [0, 0.1) is 11.8 Å². The highest BCUT2D eigenvalue weighted by molar-refractivity contribution is 5.95. The maximum Gasteiger partial charge on any atom is 0.392 e. The first-order valence-electron chi connectivity index (χ1n) is 5.99. The average molecular weight is 260 g/mol. The Hall–Kier alpha value is -1.33. The molecule has 100 valence electrons. The highest BCUT2D eigenvalue weighted by Gasteiger charge is 2.48. The van der Waals surface area contributed by atoms with Gasteiger partial charge < -0.3 is 4.57 Å². The van der Waals surface area contributed by atoms with Crippen LogP contribution in [0.2, 0.25) is 0 Å². The minimum Gasteiger partial charge on any atom is -0.332 e. The van der Waals surface area contributed by atoms with E-state index in [4.69, 9.17) is 0 Å². The highest BCUT2D eigenvalue weighted by Crippen LogP contribution is 2.42. The number of Topliss-reactive ketones (excluding diaryl/α,β-unsaturated/α-hetero) is 1. The zero-order chi connectivity index (χ0) is 13.3. The van der Waals surface area contributed by atoms with E-state index in [1.807, 2.05) is 0 Å². The van der Waals surface area contributed by atoms with Crippen molar-refractivity contribution in [2.75, 3.05) is 0 Å². The van der Waals surface area contributed by atoms with Crippen LogP contribution in [0.3, 0.4) is 0 Å². The summed E-state index contributed by atoms with van der Waals surface area (Å²) in [6.45, 7) is 0. The second kappa shape index (κ2) is 4.74. The van der Waals surface area contributed by atoms with Gasteiger partial charge in [-0.1, -0.05) is 12.8 Å². The molecule has 1 aliphatic carbocycles. The molecule has 18 heavy (non-hydrogen) atoms. The molecule has 1 saturated carbocycles. The SMILES string of the molecule is Cn1ccnc1C(=O)C1CCCCC1C(F)(F)F. The molecule has 2 rings (SSSR count). The summed E-state index contributed by atoms with van der Waals surface area (Å²) < 4.78 is 40.2. The van der Waals surface area contributed by atoms with Crippen molar-refractivity contribution >= 4 is 5.78 Å². The summed E-state index contributed by atoms with van der Waals surface area (Å²) >= 11 is 0. The van der Waals surface area contributed by atoms with E-state index in [0.29, 0.717) is 19.3 Å². The number of halogens is 3. The molecule has 0 aliphatic heterocycles. The Morgan fingerprint density at radius 2 is 2.06 bits per heavy atom. The van der Waals surface area contributed by atoms with Crippen molar-refractivity contribution in [2.45, 2.75) is 31.9 Å². The van der Waals surface area contributed by atoms with Gasteiger partial charge in [-0.3, -0.25) is 4.79 Å². The van der Waals surface area contributed by atoms with E-state index >= 15 is 0 Å². The van der Waals surface area contributed by atoms with Gasteiger partial charge in [0.25, 0.3) is 0 Å². The molecule has 1 aromatic rings. The number of rotatable bonds is 2. The smallest absolute Gasteiger partial charge is 0.332 e. The van der Waals surface area contributed by atoms with E-state index in [-0.39, 0.29) is 12.2 Å². The van der Waals surface area contributed by atoms with E-state index in [1.54, 1.807) is 13.2 Å². The molecular weight excluding hydrogens is 245 g/mol. The zero-order valence-corrected chi connectivity index (χ0v) is 10.1. The minimum absolute atomic E-state index is 0.0460. The van der Waals surface area contributed by atoms with Crippen LogP contribution in [0.4, 0.5) is 13.2 Å². The summed E-state index contributed by atoms with van der Waals surface area (Å²) in [4.78, 5) is 16.0. The topological polar surface area (TPSA) is 34.9 Å². The van der Waals surface area contributed by atoms with Crippen LogP contribution >= 0.6 is 0 Å². The van der Waals surface area contributed by atoms with E-state index in [1.165, 1.54) is 10.8 Å². The third-order valence-electron chi connectivity index (χ3n) is 3.56. The van der Waals surface area contributed by atoms with Crippen molar-refractivity contribution in [3.05, 3.63) is 18.2 Å². The van der Waals surface area contributed by atoms with E-state index in [2.05, 4.69) is 4.98 Å². The fraction of sp³-hybridized carbons (Fsp3) is 0.667. The number of carbonyl (C=O) groups is 1. The maximum atomic E-state index is 12.9. The van der Waals surface area contributed by atoms with Gasteiger partial charge in [0.2, 0.25) is 5.78 Å². The molecule has 2 unspecified atom stereocenters. The summed E-state index contributed by atoms with van der Waals surface area (Å²) in [6, 6.07) is 0. The Morgan fingerprint density at radius 3 is 2.61 bits per heavy atom. The van der Waals surface area contributed by atoms with Crippen LogP contribution in [0.25, 0.3) is 0 Å². The largest absolute Gasteiger partial charge is 0.392 e. The number of ketones is 1. The molecule has 3 nitrogen and oxygen atoms in total. The first-order chi connectivity index (χ1) is 8.41. The molecule has 0 spiro atoms. The molecule has 0 radical (unpaired) electrons. The number of nitrogens with zero attached hydrogens (tertiary/aromatic N) is 2. The standard InChI is InChI=1S/C12H15F3N2O/c1-17-7-6-16-11(17)10(18)8-4-2-3-5-9(8)12(13,14)15/h6-9H,2-5H2,1H3. The average Bonchev–Trinajstić information content (AvgIpc) is 2.73. The van der Waals surface area contributed by atoms with Crippen molar-refractivity contribution in [1.29, 1.82) is 0 Å². The number of alkyl halides is 3. The molecule has 0 saturated heterocycles. The third kappa shape index (κ3) is 2.42. The zero-order valence-electron chi connectivity index (χ0n) is 10.1. The predicted octanol–water partition coefficient (Wildman–Crippen LogP) is 2.97. The van der Waals surface area contributed by atoms with Crippen LogP contribution in [0.1, 0.15) is 36.3 Å². The highest BCUT2D eigenvalue weighted by atomic mass is 19.4. The number of hydrogen-bond donors (Lipinski definition) is 0. The lowest BCUT2D eigenvalue weighted by molar-refractivity contribution is -0.191. The van der Waals surface area contributed by atoms with E-state index in [0.717, 1.165) is 0 Å². The van der Waals surface area contributed by atoms with E-state index < -0.39 is 23.8 Å². The molecule has 1 heterocycles. The lowest BCUT2D eigenvalue weighted by Gasteiger charge is -2.31. The Labute approximate surface area is 103 Å². The van der Waals surface area contributed by atoms with Gasteiger partial charge in [0, 0.05) is 25.4 Å². The van der Waals surface area contributed by atoms with Gasteiger partial charge >= 0.3 is 6.18 Å². The van der Waals surface area contributed by atoms with Gasteiger partial charge in [-0.2, -0.15) is 13.2 Å². The fourth-order valence-electron chi connectivity index (χ4n) is 2.61. The number of carbonyl (C=O) groups excluding carboxylic acids is 1. The van der Waals surface area contributed by atoms with Gasteiger partial charge in [-0.25, -0.2) is 4.98 Å². The summed E-state index contributed by atoms with van der Waals surface area (Å²) in [6.07, 6.45) is 0.255. The Kier molecular flexibility index (Phi) is 3.45. The molecule has 0 amide bonds. The third-order valence-corrected chi connectivity index (χ3v) is 3.56. The van der Waals surface area contributed by atoms with Gasteiger partial charge in [-0.05, 0) is 12.8 Å².